The lowest BCUT2D eigenvalue weighted by Crippen LogP contribution is -2.28. The molecule has 0 saturated heterocycles. The number of carbonyl (C=O) groups is 1. The molecule has 0 aliphatic rings. The molecular formula is C17H17NO3S2. The van der Waals surface area contributed by atoms with Gasteiger partial charge in [0, 0.05) is 21.2 Å². The van der Waals surface area contributed by atoms with Gasteiger partial charge in [0.25, 0.3) is 5.91 Å². The fourth-order valence-electron chi connectivity index (χ4n) is 2.32. The lowest BCUT2D eigenvalue weighted by atomic mass is 10.2. The van der Waals surface area contributed by atoms with Crippen molar-refractivity contribution in [2.75, 3.05) is 6.54 Å². The van der Waals surface area contributed by atoms with E-state index < -0.39 is 6.10 Å². The molecule has 23 heavy (non-hydrogen) atoms. The fourth-order valence-corrected chi connectivity index (χ4v) is 4.15. The highest BCUT2D eigenvalue weighted by molar-refractivity contribution is 7.21. The molecule has 3 rings (SSSR count). The Morgan fingerprint density at radius 1 is 1.30 bits per heavy atom. The Kier molecular flexibility index (Phi) is 4.66. The van der Waals surface area contributed by atoms with Gasteiger partial charge < -0.3 is 14.8 Å². The number of hydrogen-bond acceptors (Lipinski definition) is 5. The number of thiophene rings is 2. The van der Waals surface area contributed by atoms with Crippen molar-refractivity contribution in [3.63, 3.8) is 0 Å². The van der Waals surface area contributed by atoms with Crippen LogP contribution in [0.3, 0.4) is 0 Å². The van der Waals surface area contributed by atoms with Crippen molar-refractivity contribution in [1.82, 2.24) is 5.32 Å². The van der Waals surface area contributed by atoms with E-state index in [1.807, 2.05) is 23.6 Å². The molecule has 0 aliphatic carbocycles. The van der Waals surface area contributed by atoms with Crippen LogP contribution in [-0.2, 0) is 0 Å². The number of amides is 1. The second-order valence-corrected chi connectivity index (χ2v) is 7.30. The number of aryl methyl sites for hydroxylation is 2. The van der Waals surface area contributed by atoms with Gasteiger partial charge in [-0.15, -0.1) is 22.7 Å². The number of nitrogens with one attached hydrogen (secondary N) is 1. The Labute approximate surface area is 142 Å². The number of aliphatic hydroxyl groups is 1. The first-order chi connectivity index (χ1) is 11.0. The van der Waals surface area contributed by atoms with Crippen LogP contribution in [0.15, 0.2) is 40.1 Å². The smallest absolute Gasteiger partial charge is 0.254 e. The Morgan fingerprint density at radius 2 is 2.13 bits per heavy atom. The van der Waals surface area contributed by atoms with Crippen LogP contribution in [0.5, 0.6) is 0 Å². The first-order valence-electron chi connectivity index (χ1n) is 7.21. The number of carbonyl (C=O) groups excluding carboxylic acids is 1. The summed E-state index contributed by atoms with van der Waals surface area (Å²) in [4.78, 5) is 15.3. The Balaban J connectivity index is 1.62. The molecule has 0 radical (unpaired) electrons. The molecule has 1 atom stereocenters. The second kappa shape index (κ2) is 6.70. The predicted octanol–water partition coefficient (Wildman–Crippen LogP) is 4.15. The van der Waals surface area contributed by atoms with Crippen LogP contribution in [-0.4, -0.2) is 17.6 Å². The van der Waals surface area contributed by atoms with Crippen molar-refractivity contribution in [2.45, 2.75) is 20.0 Å². The van der Waals surface area contributed by atoms with Crippen molar-refractivity contribution in [3.8, 4) is 9.75 Å². The number of aliphatic hydroxyl groups excluding tert-OH is 1. The lowest BCUT2D eigenvalue weighted by Gasteiger charge is -2.09. The van der Waals surface area contributed by atoms with Gasteiger partial charge in [-0.3, -0.25) is 4.79 Å². The molecule has 1 amide bonds. The second-order valence-electron chi connectivity index (χ2n) is 5.23. The molecular weight excluding hydrogens is 330 g/mol. The third-order valence-electron chi connectivity index (χ3n) is 3.46. The minimum absolute atomic E-state index is 0.174. The molecule has 0 bridgehead atoms. The normalized spacial score (nSPS) is 12.3. The maximum absolute atomic E-state index is 12.1. The molecule has 0 aromatic carbocycles. The van der Waals surface area contributed by atoms with Crippen molar-refractivity contribution < 1.29 is 14.3 Å². The van der Waals surface area contributed by atoms with Crippen molar-refractivity contribution in [1.29, 1.82) is 0 Å². The Bertz CT molecular complexity index is 802. The molecule has 0 aliphatic heterocycles. The third-order valence-corrected chi connectivity index (χ3v) is 5.71. The number of furan rings is 1. The van der Waals surface area contributed by atoms with Crippen LogP contribution in [0.25, 0.3) is 9.75 Å². The molecule has 2 N–H and O–H groups in total. The van der Waals surface area contributed by atoms with E-state index in [-0.39, 0.29) is 12.5 Å². The van der Waals surface area contributed by atoms with Gasteiger partial charge >= 0.3 is 0 Å². The fraction of sp³-hybridized carbons (Fsp3) is 0.235. The van der Waals surface area contributed by atoms with E-state index in [9.17, 15) is 9.90 Å². The number of rotatable bonds is 5. The van der Waals surface area contributed by atoms with E-state index in [1.165, 1.54) is 4.88 Å². The monoisotopic (exact) mass is 347 g/mol. The molecule has 4 nitrogen and oxygen atoms in total. The summed E-state index contributed by atoms with van der Waals surface area (Å²) in [6, 6.07) is 9.67. The minimum Gasteiger partial charge on any atom is -0.466 e. The summed E-state index contributed by atoms with van der Waals surface area (Å²) in [6.07, 6.45) is -0.717. The molecule has 3 heterocycles. The van der Waals surface area contributed by atoms with E-state index in [1.54, 1.807) is 42.6 Å². The minimum atomic E-state index is -0.717. The highest BCUT2D eigenvalue weighted by Gasteiger charge is 2.16. The van der Waals surface area contributed by atoms with E-state index in [4.69, 9.17) is 4.42 Å². The zero-order chi connectivity index (χ0) is 16.4. The molecule has 0 spiro atoms. The maximum Gasteiger partial charge on any atom is 0.254 e. The standard InChI is InChI=1S/C17H17NO3S2/c1-10-8-12(11(2)21-10)17(20)18-9-13(19)14-5-6-16(23-14)15-4-3-7-22-15/h3-8,13,19H,9H2,1-2H3,(H,18,20)/t13-/m1/s1. The average Bonchev–Trinajstić information content (AvgIpc) is 3.24. The summed E-state index contributed by atoms with van der Waals surface area (Å²) in [5.74, 6) is 1.06. The topological polar surface area (TPSA) is 62.5 Å². The van der Waals surface area contributed by atoms with Crippen LogP contribution in [0.2, 0.25) is 0 Å². The van der Waals surface area contributed by atoms with E-state index >= 15 is 0 Å². The van der Waals surface area contributed by atoms with Crippen LogP contribution < -0.4 is 5.32 Å². The first kappa shape index (κ1) is 16.0. The third kappa shape index (κ3) is 3.55. The Hall–Kier alpha value is -1.89. The zero-order valence-electron chi connectivity index (χ0n) is 12.8. The Morgan fingerprint density at radius 3 is 2.78 bits per heavy atom. The molecule has 6 heteroatoms. The summed E-state index contributed by atoms with van der Waals surface area (Å²) < 4.78 is 5.35. The lowest BCUT2D eigenvalue weighted by molar-refractivity contribution is 0.0916. The van der Waals surface area contributed by atoms with Crippen LogP contribution in [0.1, 0.15) is 32.9 Å². The van der Waals surface area contributed by atoms with Gasteiger partial charge in [0.05, 0.1) is 5.56 Å². The van der Waals surface area contributed by atoms with Crippen LogP contribution >= 0.6 is 22.7 Å². The highest BCUT2D eigenvalue weighted by Crippen LogP contribution is 2.33. The van der Waals surface area contributed by atoms with Crippen molar-refractivity contribution in [2.24, 2.45) is 0 Å². The van der Waals surface area contributed by atoms with Gasteiger partial charge in [0.15, 0.2) is 0 Å². The van der Waals surface area contributed by atoms with Gasteiger partial charge in [0.2, 0.25) is 0 Å². The van der Waals surface area contributed by atoms with E-state index in [0.29, 0.717) is 17.1 Å². The van der Waals surface area contributed by atoms with Crippen LogP contribution in [0.4, 0.5) is 0 Å². The summed E-state index contributed by atoms with van der Waals surface area (Å²) in [6.45, 7) is 3.73. The maximum atomic E-state index is 12.1. The SMILES string of the molecule is Cc1cc(C(=O)NC[C@@H](O)c2ccc(-c3cccs3)s2)c(C)o1. The molecule has 120 valence electrons. The summed E-state index contributed by atoms with van der Waals surface area (Å²) >= 11 is 3.21. The van der Waals surface area contributed by atoms with Gasteiger partial charge in [-0.2, -0.15) is 0 Å². The average molecular weight is 347 g/mol. The van der Waals surface area contributed by atoms with Gasteiger partial charge in [-0.1, -0.05) is 6.07 Å². The molecule has 3 aromatic rings. The molecule has 0 unspecified atom stereocenters. The molecule has 0 fully saturated rings. The summed E-state index contributed by atoms with van der Waals surface area (Å²) in [7, 11) is 0. The van der Waals surface area contributed by atoms with Crippen LogP contribution in [0, 0.1) is 13.8 Å². The molecule has 3 aromatic heterocycles. The highest BCUT2D eigenvalue weighted by atomic mass is 32.1. The number of hydrogen-bond donors (Lipinski definition) is 2. The zero-order valence-corrected chi connectivity index (χ0v) is 14.5. The molecule has 0 saturated carbocycles. The largest absolute Gasteiger partial charge is 0.466 e. The summed E-state index contributed by atoms with van der Waals surface area (Å²) in [5.41, 5.74) is 0.514. The van der Waals surface area contributed by atoms with Crippen molar-refractivity contribution >= 4 is 28.6 Å². The quantitative estimate of drug-likeness (QED) is 0.729. The van der Waals surface area contributed by atoms with E-state index in [2.05, 4.69) is 11.4 Å². The first-order valence-corrected chi connectivity index (χ1v) is 8.91. The van der Waals surface area contributed by atoms with Gasteiger partial charge in [0.1, 0.15) is 17.6 Å². The van der Waals surface area contributed by atoms with Gasteiger partial charge in [-0.05, 0) is 43.5 Å². The summed E-state index contributed by atoms with van der Waals surface area (Å²) in [5, 5.41) is 15.1. The van der Waals surface area contributed by atoms with Gasteiger partial charge in [-0.25, -0.2) is 0 Å². The van der Waals surface area contributed by atoms with Crippen molar-refractivity contribution in [3.05, 3.63) is 57.7 Å². The van der Waals surface area contributed by atoms with E-state index in [0.717, 1.165) is 9.75 Å². The predicted molar refractivity (Wildman–Crippen MR) is 93.1 cm³/mol.